The molecule has 0 atom stereocenters. The highest BCUT2D eigenvalue weighted by atomic mass is 16.2. The van der Waals surface area contributed by atoms with Crippen LogP contribution in [-0.2, 0) is 6.42 Å². The summed E-state index contributed by atoms with van der Waals surface area (Å²) in [6.07, 6.45) is 4.32. The first-order chi connectivity index (χ1) is 8.70. The van der Waals surface area contributed by atoms with E-state index in [1.165, 1.54) is 33.9 Å². The van der Waals surface area contributed by atoms with Gasteiger partial charge in [0.05, 0.1) is 0 Å². The highest BCUT2D eigenvalue weighted by molar-refractivity contribution is 5.84. The van der Waals surface area contributed by atoms with Crippen molar-refractivity contribution in [1.82, 2.24) is 0 Å². The number of rotatable bonds is 5. The van der Waals surface area contributed by atoms with Gasteiger partial charge in [0.1, 0.15) is 0 Å². The molecule has 2 aromatic carbocycles. The molecule has 0 aliphatic rings. The Morgan fingerprint density at radius 3 is 2.50 bits per heavy atom. The Balaban J connectivity index is 2.19. The van der Waals surface area contributed by atoms with E-state index >= 15 is 0 Å². The minimum absolute atomic E-state index is 0.315. The van der Waals surface area contributed by atoms with Gasteiger partial charge in [0.25, 0.3) is 0 Å². The number of benzene rings is 2. The molecule has 0 heterocycles. The third-order valence-corrected chi connectivity index (χ3v) is 3.55. The molecule has 0 radical (unpaired) electrons. The molecule has 2 rings (SSSR count). The van der Waals surface area contributed by atoms with Gasteiger partial charge in [0, 0.05) is 6.61 Å². The minimum atomic E-state index is 0.315. The van der Waals surface area contributed by atoms with Crippen molar-refractivity contribution in [3.05, 3.63) is 47.0 Å². The van der Waals surface area contributed by atoms with Gasteiger partial charge >= 0.3 is 0 Å². The number of hydrogen-bond donors (Lipinski definition) is 1. The fraction of sp³-hybridized carbons (Fsp3) is 0.412. The van der Waals surface area contributed by atoms with E-state index in [-0.39, 0.29) is 0 Å². The van der Waals surface area contributed by atoms with Crippen LogP contribution in [0.4, 0.5) is 0 Å². The Hall–Kier alpha value is -1.34. The van der Waals surface area contributed by atoms with Crippen LogP contribution in [0.2, 0.25) is 0 Å². The SMILES string of the molecule is Cc1ccc2cc(C)c(CCCCCO)cc2c1. The molecular formula is C17H22O. The van der Waals surface area contributed by atoms with Crippen molar-refractivity contribution in [3.8, 4) is 0 Å². The summed E-state index contributed by atoms with van der Waals surface area (Å²) in [4.78, 5) is 0. The summed E-state index contributed by atoms with van der Waals surface area (Å²) in [5.74, 6) is 0. The van der Waals surface area contributed by atoms with Gasteiger partial charge in [-0.2, -0.15) is 0 Å². The van der Waals surface area contributed by atoms with Crippen LogP contribution in [0.3, 0.4) is 0 Å². The Bertz CT molecular complexity index is 528. The van der Waals surface area contributed by atoms with Crippen LogP contribution in [0.5, 0.6) is 0 Å². The van der Waals surface area contributed by atoms with E-state index < -0.39 is 0 Å². The van der Waals surface area contributed by atoms with Gasteiger partial charge in [0.15, 0.2) is 0 Å². The fourth-order valence-corrected chi connectivity index (χ4v) is 2.45. The average Bonchev–Trinajstić information content (AvgIpc) is 2.35. The summed E-state index contributed by atoms with van der Waals surface area (Å²) in [5.41, 5.74) is 4.15. The summed E-state index contributed by atoms with van der Waals surface area (Å²) in [5, 5.41) is 11.5. The van der Waals surface area contributed by atoms with E-state index in [1.54, 1.807) is 0 Å². The van der Waals surface area contributed by atoms with Crippen molar-refractivity contribution in [2.75, 3.05) is 6.61 Å². The van der Waals surface area contributed by atoms with E-state index in [1.807, 2.05) is 0 Å². The maximum atomic E-state index is 8.79. The molecule has 96 valence electrons. The molecule has 0 aromatic heterocycles. The van der Waals surface area contributed by atoms with E-state index in [2.05, 4.69) is 44.2 Å². The van der Waals surface area contributed by atoms with Crippen LogP contribution in [0, 0.1) is 13.8 Å². The maximum Gasteiger partial charge on any atom is 0.0431 e. The first kappa shape index (κ1) is 13.1. The molecule has 0 amide bonds. The zero-order valence-electron chi connectivity index (χ0n) is 11.4. The molecule has 0 unspecified atom stereocenters. The van der Waals surface area contributed by atoms with Crippen molar-refractivity contribution in [2.45, 2.75) is 39.5 Å². The molecule has 1 N–H and O–H groups in total. The lowest BCUT2D eigenvalue weighted by Crippen LogP contribution is -1.92. The van der Waals surface area contributed by atoms with Gasteiger partial charge < -0.3 is 5.11 Å². The van der Waals surface area contributed by atoms with Crippen LogP contribution >= 0.6 is 0 Å². The van der Waals surface area contributed by atoms with Gasteiger partial charge in [-0.05, 0) is 55.0 Å². The highest BCUT2D eigenvalue weighted by Gasteiger charge is 2.02. The first-order valence-corrected chi connectivity index (χ1v) is 6.81. The van der Waals surface area contributed by atoms with Crippen molar-refractivity contribution in [1.29, 1.82) is 0 Å². The molecule has 0 saturated carbocycles. The van der Waals surface area contributed by atoms with E-state index in [0.717, 1.165) is 19.3 Å². The molecule has 0 bridgehead atoms. The zero-order valence-corrected chi connectivity index (χ0v) is 11.4. The molecular weight excluding hydrogens is 220 g/mol. The Kier molecular flexibility index (Phi) is 4.38. The van der Waals surface area contributed by atoms with E-state index in [4.69, 9.17) is 5.11 Å². The third-order valence-electron chi connectivity index (χ3n) is 3.55. The van der Waals surface area contributed by atoms with Gasteiger partial charge in [0.2, 0.25) is 0 Å². The number of unbranched alkanes of at least 4 members (excludes halogenated alkanes) is 2. The average molecular weight is 242 g/mol. The van der Waals surface area contributed by atoms with Crippen LogP contribution in [0.25, 0.3) is 10.8 Å². The first-order valence-electron chi connectivity index (χ1n) is 6.81. The second-order valence-electron chi connectivity index (χ2n) is 5.16. The molecule has 0 aliphatic heterocycles. The third kappa shape index (κ3) is 3.11. The lowest BCUT2D eigenvalue weighted by molar-refractivity contribution is 0.283. The summed E-state index contributed by atoms with van der Waals surface area (Å²) < 4.78 is 0. The Morgan fingerprint density at radius 1 is 0.889 bits per heavy atom. The lowest BCUT2D eigenvalue weighted by atomic mass is 9.97. The van der Waals surface area contributed by atoms with Crippen LogP contribution in [-0.4, -0.2) is 11.7 Å². The summed E-state index contributed by atoms with van der Waals surface area (Å²) in [7, 11) is 0. The molecule has 0 spiro atoms. The highest BCUT2D eigenvalue weighted by Crippen LogP contribution is 2.22. The predicted molar refractivity (Wildman–Crippen MR) is 78.1 cm³/mol. The van der Waals surface area contributed by atoms with Crippen molar-refractivity contribution in [2.24, 2.45) is 0 Å². The number of aryl methyl sites for hydroxylation is 3. The standard InChI is InChI=1S/C17H22O/c1-13-7-8-16-11-14(2)15(12-17(16)10-13)6-4-3-5-9-18/h7-8,10-12,18H,3-6,9H2,1-2H3. The predicted octanol–water partition coefficient (Wildman–Crippen LogP) is 4.16. The lowest BCUT2D eigenvalue weighted by Gasteiger charge is -2.09. The zero-order chi connectivity index (χ0) is 13.0. The van der Waals surface area contributed by atoms with E-state index in [9.17, 15) is 0 Å². The van der Waals surface area contributed by atoms with Crippen molar-refractivity contribution >= 4 is 10.8 Å². The maximum absolute atomic E-state index is 8.79. The van der Waals surface area contributed by atoms with E-state index in [0.29, 0.717) is 6.61 Å². The second-order valence-corrected chi connectivity index (χ2v) is 5.16. The summed E-state index contributed by atoms with van der Waals surface area (Å²) >= 11 is 0. The quantitative estimate of drug-likeness (QED) is 0.780. The summed E-state index contributed by atoms with van der Waals surface area (Å²) in [6.45, 7) is 4.65. The number of fused-ring (bicyclic) bond motifs is 1. The number of aliphatic hydroxyl groups is 1. The van der Waals surface area contributed by atoms with Crippen LogP contribution < -0.4 is 0 Å². The number of aliphatic hydroxyl groups excluding tert-OH is 1. The molecule has 2 aromatic rings. The van der Waals surface area contributed by atoms with Gasteiger partial charge in [-0.3, -0.25) is 0 Å². The smallest absolute Gasteiger partial charge is 0.0431 e. The molecule has 0 saturated heterocycles. The molecule has 18 heavy (non-hydrogen) atoms. The second kappa shape index (κ2) is 6.01. The van der Waals surface area contributed by atoms with Gasteiger partial charge in [-0.25, -0.2) is 0 Å². The number of hydrogen-bond acceptors (Lipinski definition) is 1. The minimum Gasteiger partial charge on any atom is -0.396 e. The van der Waals surface area contributed by atoms with Crippen LogP contribution in [0.15, 0.2) is 30.3 Å². The fourth-order valence-electron chi connectivity index (χ4n) is 2.45. The van der Waals surface area contributed by atoms with Gasteiger partial charge in [-0.1, -0.05) is 42.3 Å². The Morgan fingerprint density at radius 2 is 1.72 bits per heavy atom. The molecule has 1 nitrogen and oxygen atoms in total. The molecule has 1 heteroatoms. The molecule has 0 aliphatic carbocycles. The van der Waals surface area contributed by atoms with Gasteiger partial charge in [-0.15, -0.1) is 0 Å². The van der Waals surface area contributed by atoms with Crippen molar-refractivity contribution < 1.29 is 5.11 Å². The summed E-state index contributed by atoms with van der Waals surface area (Å²) in [6, 6.07) is 11.2. The van der Waals surface area contributed by atoms with Crippen molar-refractivity contribution in [3.63, 3.8) is 0 Å². The largest absolute Gasteiger partial charge is 0.396 e. The van der Waals surface area contributed by atoms with Crippen LogP contribution in [0.1, 0.15) is 36.0 Å². The monoisotopic (exact) mass is 242 g/mol. The Labute approximate surface area is 109 Å². The molecule has 0 fully saturated rings. The normalized spacial score (nSPS) is 11.1. The topological polar surface area (TPSA) is 20.2 Å².